The van der Waals surface area contributed by atoms with Gasteiger partial charge in [0.05, 0.1) is 10.9 Å². The predicted octanol–water partition coefficient (Wildman–Crippen LogP) is 3.83. The van der Waals surface area contributed by atoms with Gasteiger partial charge in [-0.2, -0.15) is 0 Å². The van der Waals surface area contributed by atoms with E-state index in [0.29, 0.717) is 11.3 Å². The van der Waals surface area contributed by atoms with Gasteiger partial charge in [0.1, 0.15) is 4.90 Å². The molecule has 1 atom stereocenters. The Morgan fingerprint density at radius 3 is 2.74 bits per heavy atom. The van der Waals surface area contributed by atoms with Crippen LogP contribution < -0.4 is 4.72 Å². The molecule has 2 rings (SSSR count). The molecule has 124 valence electrons. The summed E-state index contributed by atoms with van der Waals surface area (Å²) in [6.45, 7) is 1.73. The van der Waals surface area contributed by atoms with Crippen molar-refractivity contribution in [2.24, 2.45) is 0 Å². The van der Waals surface area contributed by atoms with Crippen molar-refractivity contribution in [3.05, 3.63) is 39.3 Å². The van der Waals surface area contributed by atoms with E-state index in [4.69, 9.17) is 28.3 Å². The number of hydrogen-bond acceptors (Lipinski definition) is 5. The van der Waals surface area contributed by atoms with E-state index < -0.39 is 21.9 Å². The van der Waals surface area contributed by atoms with Crippen molar-refractivity contribution >= 4 is 55.7 Å². The Kier molecular flexibility index (Phi) is 5.51. The Balaban J connectivity index is 2.30. The molecule has 0 amide bonds. The van der Waals surface area contributed by atoms with Crippen LogP contribution in [0.15, 0.2) is 29.3 Å². The highest BCUT2D eigenvalue weighted by Gasteiger charge is 2.23. The summed E-state index contributed by atoms with van der Waals surface area (Å²) < 4.78 is 27.0. The molecule has 0 radical (unpaired) electrons. The molecule has 0 fully saturated rings. The number of hydrogen-bond donors (Lipinski definition) is 2. The number of halogens is 2. The first-order valence-corrected chi connectivity index (χ1v) is 9.46. The third kappa shape index (κ3) is 4.14. The van der Waals surface area contributed by atoms with E-state index in [2.05, 4.69) is 9.71 Å². The number of anilines is 1. The van der Waals surface area contributed by atoms with Gasteiger partial charge >= 0.3 is 5.97 Å². The van der Waals surface area contributed by atoms with Crippen LogP contribution >= 0.6 is 34.5 Å². The fourth-order valence-electron chi connectivity index (χ4n) is 1.85. The SMILES string of the molecule is CCC(C(=O)O)c1cnc(NS(=O)(=O)c2cc(Cl)ccc2Cl)s1. The number of carboxylic acid groups (broad SMARTS) is 1. The van der Waals surface area contributed by atoms with Crippen molar-refractivity contribution in [2.45, 2.75) is 24.2 Å². The molecule has 6 nitrogen and oxygen atoms in total. The first kappa shape index (κ1) is 18.0. The van der Waals surface area contributed by atoms with Crippen molar-refractivity contribution in [1.82, 2.24) is 4.98 Å². The fraction of sp³-hybridized carbons (Fsp3) is 0.231. The number of aliphatic carboxylic acids is 1. The van der Waals surface area contributed by atoms with Crippen LogP contribution in [0.5, 0.6) is 0 Å². The number of thiazole rings is 1. The normalized spacial score (nSPS) is 12.8. The molecule has 0 saturated heterocycles. The molecule has 0 aliphatic rings. The zero-order chi connectivity index (χ0) is 17.2. The zero-order valence-electron chi connectivity index (χ0n) is 11.8. The summed E-state index contributed by atoms with van der Waals surface area (Å²) in [5, 5.41) is 9.44. The van der Waals surface area contributed by atoms with Gasteiger partial charge < -0.3 is 5.11 Å². The smallest absolute Gasteiger partial charge is 0.311 e. The van der Waals surface area contributed by atoms with Crippen molar-refractivity contribution in [1.29, 1.82) is 0 Å². The lowest BCUT2D eigenvalue weighted by Crippen LogP contribution is -2.13. The molecule has 1 unspecified atom stereocenters. The van der Waals surface area contributed by atoms with Crippen LogP contribution in [0.25, 0.3) is 0 Å². The summed E-state index contributed by atoms with van der Waals surface area (Å²) in [5.41, 5.74) is 0. The average Bonchev–Trinajstić information content (AvgIpc) is 2.89. The number of rotatable bonds is 6. The minimum atomic E-state index is -3.97. The number of benzene rings is 1. The molecule has 0 aliphatic heterocycles. The van der Waals surface area contributed by atoms with Crippen LogP contribution in [0, 0.1) is 0 Å². The van der Waals surface area contributed by atoms with Crippen molar-refractivity contribution in [2.75, 3.05) is 4.72 Å². The second kappa shape index (κ2) is 7.04. The first-order chi connectivity index (χ1) is 10.7. The second-order valence-electron chi connectivity index (χ2n) is 4.55. The van der Waals surface area contributed by atoms with Gasteiger partial charge in [-0.15, -0.1) is 11.3 Å². The number of carboxylic acids is 1. The topological polar surface area (TPSA) is 96.4 Å². The molecular weight excluding hydrogens is 383 g/mol. The maximum Gasteiger partial charge on any atom is 0.311 e. The maximum absolute atomic E-state index is 12.4. The number of sulfonamides is 1. The highest BCUT2D eigenvalue weighted by atomic mass is 35.5. The molecule has 1 heterocycles. The van der Waals surface area contributed by atoms with Crippen molar-refractivity contribution < 1.29 is 18.3 Å². The number of carbonyl (C=O) groups is 1. The van der Waals surface area contributed by atoms with E-state index in [1.165, 1.54) is 24.4 Å². The van der Waals surface area contributed by atoms with Crippen LogP contribution in [0.1, 0.15) is 24.1 Å². The Hall–Kier alpha value is -1.35. The van der Waals surface area contributed by atoms with Crippen molar-refractivity contribution in [3.8, 4) is 0 Å². The second-order valence-corrected chi connectivity index (χ2v) is 8.10. The number of aromatic nitrogens is 1. The van der Waals surface area contributed by atoms with E-state index in [9.17, 15) is 13.2 Å². The van der Waals surface area contributed by atoms with Gasteiger partial charge in [-0.3, -0.25) is 9.52 Å². The summed E-state index contributed by atoms with van der Waals surface area (Å²) in [6.07, 6.45) is 1.73. The van der Waals surface area contributed by atoms with Crippen LogP contribution in [0.4, 0.5) is 5.13 Å². The van der Waals surface area contributed by atoms with Gasteiger partial charge in [0, 0.05) is 16.1 Å². The van der Waals surface area contributed by atoms with Crippen LogP contribution in [-0.2, 0) is 14.8 Å². The standard InChI is InChI=1S/C13H12Cl2N2O4S2/c1-2-8(12(18)19)10-6-16-13(22-10)17-23(20,21)11-5-7(14)3-4-9(11)15/h3-6,8H,2H2,1H3,(H,16,17)(H,18,19). The van der Waals surface area contributed by atoms with Crippen LogP contribution in [0.2, 0.25) is 10.0 Å². The summed E-state index contributed by atoms with van der Waals surface area (Å²) in [4.78, 5) is 15.4. The largest absolute Gasteiger partial charge is 0.481 e. The molecular formula is C13H12Cl2N2O4S2. The minimum Gasteiger partial charge on any atom is -0.481 e. The Bertz CT molecular complexity index is 836. The lowest BCUT2D eigenvalue weighted by Gasteiger charge is -2.08. The fourth-order valence-corrected chi connectivity index (χ4v) is 4.84. The molecule has 2 aromatic rings. The Morgan fingerprint density at radius 1 is 1.43 bits per heavy atom. The van der Waals surface area contributed by atoms with E-state index in [1.807, 2.05) is 0 Å². The molecule has 2 N–H and O–H groups in total. The van der Waals surface area contributed by atoms with Gasteiger partial charge in [0.15, 0.2) is 5.13 Å². The number of nitrogens with one attached hydrogen (secondary N) is 1. The lowest BCUT2D eigenvalue weighted by molar-refractivity contribution is -0.138. The molecule has 1 aromatic heterocycles. The third-order valence-electron chi connectivity index (χ3n) is 2.98. The van der Waals surface area contributed by atoms with Gasteiger partial charge in [-0.1, -0.05) is 30.1 Å². The van der Waals surface area contributed by atoms with E-state index in [-0.39, 0.29) is 20.1 Å². The van der Waals surface area contributed by atoms with Crippen LogP contribution in [-0.4, -0.2) is 24.5 Å². The Morgan fingerprint density at radius 2 is 2.13 bits per heavy atom. The summed E-state index contributed by atoms with van der Waals surface area (Å²) in [6, 6.07) is 4.08. The number of nitrogens with zero attached hydrogens (tertiary/aromatic N) is 1. The van der Waals surface area contributed by atoms with E-state index in [1.54, 1.807) is 6.92 Å². The Labute approximate surface area is 147 Å². The molecule has 1 aromatic carbocycles. The molecule has 10 heteroatoms. The molecule has 0 saturated carbocycles. The van der Waals surface area contributed by atoms with Gasteiger partial charge in [-0.25, -0.2) is 13.4 Å². The van der Waals surface area contributed by atoms with Gasteiger partial charge in [0.2, 0.25) is 0 Å². The van der Waals surface area contributed by atoms with Gasteiger partial charge in [0.25, 0.3) is 10.0 Å². The highest BCUT2D eigenvalue weighted by Crippen LogP contribution is 2.31. The quantitative estimate of drug-likeness (QED) is 0.775. The maximum atomic E-state index is 12.4. The highest BCUT2D eigenvalue weighted by molar-refractivity contribution is 7.93. The monoisotopic (exact) mass is 394 g/mol. The summed E-state index contributed by atoms with van der Waals surface area (Å²) in [7, 11) is -3.97. The van der Waals surface area contributed by atoms with Crippen LogP contribution in [0.3, 0.4) is 0 Å². The summed E-state index contributed by atoms with van der Waals surface area (Å²) >= 11 is 12.7. The van der Waals surface area contributed by atoms with Gasteiger partial charge in [-0.05, 0) is 24.6 Å². The molecule has 23 heavy (non-hydrogen) atoms. The van der Waals surface area contributed by atoms with Crippen molar-refractivity contribution in [3.63, 3.8) is 0 Å². The lowest BCUT2D eigenvalue weighted by atomic mass is 10.1. The molecule has 0 spiro atoms. The van der Waals surface area contributed by atoms with E-state index >= 15 is 0 Å². The predicted molar refractivity (Wildman–Crippen MR) is 90.1 cm³/mol. The molecule has 0 aliphatic carbocycles. The van der Waals surface area contributed by atoms with E-state index in [0.717, 1.165) is 11.3 Å². The zero-order valence-corrected chi connectivity index (χ0v) is 14.9. The first-order valence-electron chi connectivity index (χ1n) is 6.41. The summed E-state index contributed by atoms with van der Waals surface area (Å²) in [5.74, 6) is -1.70. The average molecular weight is 395 g/mol. The third-order valence-corrected chi connectivity index (χ3v) is 6.19. The minimum absolute atomic E-state index is 0.0238. The molecule has 0 bridgehead atoms.